The van der Waals surface area contributed by atoms with Crippen molar-refractivity contribution in [2.75, 3.05) is 44.6 Å². The number of hydrogen-bond acceptors (Lipinski definition) is 6. The molecular formula is C20H28N3O6S-. The lowest BCUT2D eigenvalue weighted by Gasteiger charge is -2.34. The van der Waals surface area contributed by atoms with Gasteiger partial charge in [0.25, 0.3) is 5.91 Å². The molecule has 1 saturated heterocycles. The summed E-state index contributed by atoms with van der Waals surface area (Å²) in [6.45, 7) is 2.05. The number of carbonyl (C=O) groups excluding carboxylic acids is 2. The van der Waals surface area contributed by atoms with E-state index >= 15 is 0 Å². The zero-order valence-electron chi connectivity index (χ0n) is 17.1. The molecule has 1 saturated carbocycles. The van der Waals surface area contributed by atoms with Crippen molar-refractivity contribution in [3.8, 4) is 5.75 Å². The van der Waals surface area contributed by atoms with E-state index in [1.54, 1.807) is 9.80 Å². The van der Waals surface area contributed by atoms with Gasteiger partial charge in [-0.15, -0.1) is 0 Å². The number of nitrogens with one attached hydrogen (secondary N) is 1. The number of nitrogens with zero attached hydrogens (tertiary/aromatic N) is 2. The molecule has 1 heterocycles. The van der Waals surface area contributed by atoms with Crippen LogP contribution in [0.25, 0.3) is 0 Å². The molecule has 0 radical (unpaired) electrons. The molecule has 166 valence electrons. The molecular weight excluding hydrogens is 410 g/mol. The first-order valence-electron chi connectivity index (χ1n) is 10.2. The van der Waals surface area contributed by atoms with Crippen LogP contribution in [-0.4, -0.2) is 70.5 Å². The summed E-state index contributed by atoms with van der Waals surface area (Å²) in [4.78, 5) is 28.4. The van der Waals surface area contributed by atoms with Crippen molar-refractivity contribution in [1.82, 2.24) is 9.80 Å². The monoisotopic (exact) mass is 438 g/mol. The molecule has 1 aromatic carbocycles. The Morgan fingerprint density at radius 3 is 2.47 bits per heavy atom. The van der Waals surface area contributed by atoms with Crippen LogP contribution in [0, 0.1) is 5.92 Å². The molecule has 0 aromatic heterocycles. The molecule has 1 aromatic rings. The van der Waals surface area contributed by atoms with Gasteiger partial charge in [0.15, 0.2) is 0 Å². The average molecular weight is 439 g/mol. The fourth-order valence-electron chi connectivity index (χ4n) is 3.99. The summed E-state index contributed by atoms with van der Waals surface area (Å²) in [6, 6.07) is 4.49. The highest BCUT2D eigenvalue weighted by molar-refractivity contribution is 7.80. The number of benzene rings is 1. The Balaban J connectivity index is 1.49. The third kappa shape index (κ3) is 5.85. The first-order valence-corrected chi connectivity index (χ1v) is 11.3. The van der Waals surface area contributed by atoms with Crippen LogP contribution in [0.5, 0.6) is 5.75 Å². The number of hydrogen-bond donors (Lipinski definition) is 1. The lowest BCUT2D eigenvalue weighted by molar-refractivity contribution is 0.0546. The number of ether oxygens (including phenoxy) is 2. The molecule has 2 fully saturated rings. The summed E-state index contributed by atoms with van der Waals surface area (Å²) in [7, 11) is 1.42. The summed E-state index contributed by atoms with van der Waals surface area (Å²) in [5.41, 5.74) is 0.647. The zero-order chi connectivity index (χ0) is 21.5. The highest BCUT2D eigenvalue weighted by Gasteiger charge is 2.27. The molecule has 30 heavy (non-hydrogen) atoms. The summed E-state index contributed by atoms with van der Waals surface area (Å²) < 4.78 is 34.5. The molecule has 3 rings (SSSR count). The van der Waals surface area contributed by atoms with Crippen LogP contribution in [0.15, 0.2) is 18.2 Å². The van der Waals surface area contributed by atoms with Crippen molar-refractivity contribution in [3.05, 3.63) is 23.8 Å². The van der Waals surface area contributed by atoms with E-state index in [4.69, 9.17) is 9.47 Å². The Labute approximate surface area is 179 Å². The second-order valence-corrected chi connectivity index (χ2v) is 8.26. The van der Waals surface area contributed by atoms with E-state index in [1.807, 2.05) is 0 Å². The molecule has 2 aliphatic rings. The fraction of sp³-hybridized carbons (Fsp3) is 0.600. The molecule has 1 aliphatic heterocycles. The molecule has 9 nitrogen and oxygen atoms in total. The predicted molar refractivity (Wildman–Crippen MR) is 111 cm³/mol. The van der Waals surface area contributed by atoms with Crippen LogP contribution in [0.3, 0.4) is 0 Å². The molecule has 0 bridgehead atoms. The van der Waals surface area contributed by atoms with Gasteiger partial charge >= 0.3 is 6.09 Å². The maximum absolute atomic E-state index is 12.9. The summed E-state index contributed by atoms with van der Waals surface area (Å²) >= 11 is -2.46. The van der Waals surface area contributed by atoms with Crippen LogP contribution in [0.2, 0.25) is 0 Å². The number of rotatable bonds is 7. The fourth-order valence-corrected chi connectivity index (χ4v) is 4.31. The maximum Gasteiger partial charge on any atom is 0.409 e. The van der Waals surface area contributed by atoms with Gasteiger partial charge in [-0.25, -0.2) is 4.79 Å². The number of piperazine rings is 1. The highest BCUT2D eigenvalue weighted by Crippen LogP contribution is 2.27. The van der Waals surface area contributed by atoms with Crippen LogP contribution in [-0.2, 0) is 16.0 Å². The molecule has 1 aliphatic carbocycles. The van der Waals surface area contributed by atoms with Crippen molar-refractivity contribution in [2.24, 2.45) is 5.92 Å². The lowest BCUT2D eigenvalue weighted by atomic mass is 10.1. The number of methoxy groups -OCH3 is 1. The van der Waals surface area contributed by atoms with Crippen molar-refractivity contribution >= 4 is 29.0 Å². The Kier molecular flexibility index (Phi) is 7.92. The molecule has 2 amide bonds. The SMILES string of the molecule is COc1cc(NS(=O)[O-])ccc1C(=O)N1CCN(C(=O)OCCC2CCCC2)CC1. The quantitative estimate of drug-likeness (QED) is 0.654. The minimum Gasteiger partial charge on any atom is -0.755 e. The van der Waals surface area contributed by atoms with Crippen LogP contribution in [0.4, 0.5) is 10.5 Å². The topological polar surface area (TPSA) is 111 Å². The predicted octanol–water partition coefficient (Wildman–Crippen LogP) is 2.38. The van der Waals surface area contributed by atoms with Crippen LogP contribution in [0.1, 0.15) is 42.5 Å². The zero-order valence-corrected chi connectivity index (χ0v) is 17.9. The first-order chi connectivity index (χ1) is 14.5. The van der Waals surface area contributed by atoms with Gasteiger partial charge in [0.2, 0.25) is 0 Å². The Morgan fingerprint density at radius 2 is 1.83 bits per heavy atom. The molecule has 10 heteroatoms. The van der Waals surface area contributed by atoms with Gasteiger partial charge in [-0.05, 0) is 24.5 Å². The minimum atomic E-state index is -2.46. The summed E-state index contributed by atoms with van der Waals surface area (Å²) in [5.74, 6) is 0.734. The highest BCUT2D eigenvalue weighted by atomic mass is 32.2. The van der Waals surface area contributed by atoms with E-state index in [-0.39, 0.29) is 17.7 Å². The first kappa shape index (κ1) is 22.4. The number of anilines is 1. The van der Waals surface area contributed by atoms with Crippen LogP contribution < -0.4 is 9.46 Å². The summed E-state index contributed by atoms with van der Waals surface area (Å²) in [5, 5.41) is 0. The average Bonchev–Trinajstić information content (AvgIpc) is 3.26. The third-order valence-corrected chi connectivity index (χ3v) is 6.09. The maximum atomic E-state index is 12.9. The Bertz CT molecular complexity index is 776. The largest absolute Gasteiger partial charge is 0.755 e. The molecule has 1 unspecified atom stereocenters. The van der Waals surface area contributed by atoms with E-state index < -0.39 is 11.3 Å². The molecule has 0 spiro atoms. The van der Waals surface area contributed by atoms with E-state index in [1.165, 1.54) is 51.0 Å². The smallest absolute Gasteiger partial charge is 0.409 e. The second-order valence-electron chi connectivity index (χ2n) is 7.58. The number of amides is 2. The van der Waals surface area contributed by atoms with E-state index in [0.29, 0.717) is 50.0 Å². The standard InChI is InChI=1S/C20H29N3O6S/c1-28-18-14-16(21-30(26)27)6-7-17(18)19(24)22-9-11-23(12-10-22)20(25)29-13-8-15-4-2-3-5-15/h6-7,14-15,21H,2-5,8-13H2,1H3,(H,26,27)/p-1. The van der Waals surface area contributed by atoms with Gasteiger partial charge in [-0.1, -0.05) is 25.7 Å². The van der Waals surface area contributed by atoms with Crippen molar-refractivity contribution in [1.29, 1.82) is 0 Å². The van der Waals surface area contributed by atoms with Gasteiger partial charge in [0.1, 0.15) is 5.75 Å². The number of carbonyl (C=O) groups is 2. The van der Waals surface area contributed by atoms with Crippen molar-refractivity contribution in [3.63, 3.8) is 0 Å². The van der Waals surface area contributed by atoms with Gasteiger partial charge in [-0.2, -0.15) is 0 Å². The van der Waals surface area contributed by atoms with E-state index in [9.17, 15) is 18.4 Å². The second kappa shape index (κ2) is 10.6. The molecule has 1 N–H and O–H groups in total. The van der Waals surface area contributed by atoms with Gasteiger partial charge in [0.05, 0.1) is 19.3 Å². The Morgan fingerprint density at radius 1 is 1.17 bits per heavy atom. The normalized spacial score (nSPS) is 18.2. The van der Waals surface area contributed by atoms with E-state index in [2.05, 4.69) is 4.72 Å². The summed E-state index contributed by atoms with van der Waals surface area (Å²) in [6.07, 6.45) is 5.61. The third-order valence-electron chi connectivity index (χ3n) is 5.68. The van der Waals surface area contributed by atoms with Gasteiger partial charge in [-0.3, -0.25) is 9.00 Å². The van der Waals surface area contributed by atoms with Crippen molar-refractivity contribution < 1.29 is 27.8 Å². The van der Waals surface area contributed by atoms with Crippen molar-refractivity contribution in [2.45, 2.75) is 32.1 Å². The lowest BCUT2D eigenvalue weighted by Crippen LogP contribution is -2.50. The molecule has 1 atom stereocenters. The van der Waals surface area contributed by atoms with Gasteiger partial charge in [0, 0.05) is 49.2 Å². The van der Waals surface area contributed by atoms with Gasteiger partial charge < -0.3 is 28.5 Å². The van der Waals surface area contributed by atoms with E-state index in [0.717, 1.165) is 6.42 Å². The minimum absolute atomic E-state index is 0.226. The Hall–Kier alpha value is -2.33. The van der Waals surface area contributed by atoms with Crippen LogP contribution >= 0.6 is 0 Å².